The van der Waals surface area contributed by atoms with Gasteiger partial charge in [-0.15, -0.1) is 0 Å². The maximum Gasteiger partial charge on any atom is 0.338 e. The van der Waals surface area contributed by atoms with Gasteiger partial charge in [-0.05, 0) is 73.2 Å². The highest BCUT2D eigenvalue weighted by Gasteiger charge is 2.44. The van der Waals surface area contributed by atoms with Crippen LogP contribution in [-0.2, 0) is 4.74 Å². The van der Waals surface area contributed by atoms with E-state index in [0.717, 1.165) is 6.42 Å². The highest BCUT2D eigenvalue weighted by atomic mass is 19.1. The van der Waals surface area contributed by atoms with E-state index in [9.17, 15) is 18.4 Å². The van der Waals surface area contributed by atoms with Gasteiger partial charge >= 0.3 is 5.97 Å². The Labute approximate surface area is 189 Å². The smallest absolute Gasteiger partial charge is 0.338 e. The Balaban J connectivity index is 2.29. The van der Waals surface area contributed by atoms with Crippen molar-refractivity contribution in [2.24, 2.45) is 17.3 Å². The lowest BCUT2D eigenvalue weighted by Crippen LogP contribution is -2.51. The fourth-order valence-corrected chi connectivity index (χ4v) is 4.23. The predicted octanol–water partition coefficient (Wildman–Crippen LogP) is 6.02. The predicted molar refractivity (Wildman–Crippen MR) is 121 cm³/mol. The lowest BCUT2D eigenvalue weighted by molar-refractivity contribution is -0.0495. The largest absolute Gasteiger partial charge is 0.458 e. The summed E-state index contributed by atoms with van der Waals surface area (Å²) in [5, 5.41) is 2.98. The van der Waals surface area contributed by atoms with Gasteiger partial charge in [-0.2, -0.15) is 0 Å². The van der Waals surface area contributed by atoms with Crippen LogP contribution in [0.1, 0.15) is 68.2 Å². The first-order chi connectivity index (χ1) is 15.1. The molecular formula is C26H33F2NO3. The zero-order chi connectivity index (χ0) is 23.9. The molecule has 0 aliphatic heterocycles. The van der Waals surface area contributed by atoms with Crippen molar-refractivity contribution >= 4 is 11.9 Å². The highest BCUT2D eigenvalue weighted by molar-refractivity contribution is 5.94. The third kappa shape index (κ3) is 6.38. The molecule has 6 heteroatoms. The average molecular weight is 446 g/mol. The first-order valence-corrected chi connectivity index (χ1v) is 11.1. The van der Waals surface area contributed by atoms with Crippen molar-refractivity contribution in [2.45, 2.75) is 53.6 Å². The Kier molecular flexibility index (Phi) is 8.93. The topological polar surface area (TPSA) is 55.4 Å². The van der Waals surface area contributed by atoms with Crippen LogP contribution >= 0.6 is 0 Å². The molecule has 1 N–H and O–H groups in total. The summed E-state index contributed by atoms with van der Waals surface area (Å²) in [5.74, 6) is -1.28. The second-order valence-electron chi connectivity index (χ2n) is 8.98. The molecule has 2 rings (SSSR count). The van der Waals surface area contributed by atoms with Crippen molar-refractivity contribution in [3.63, 3.8) is 0 Å². The molecule has 0 aromatic heterocycles. The molecule has 0 radical (unpaired) electrons. The Hall–Kier alpha value is -2.76. The number of esters is 1. The molecule has 32 heavy (non-hydrogen) atoms. The number of carbonyl (C=O) groups is 2. The third-order valence-electron chi connectivity index (χ3n) is 5.96. The van der Waals surface area contributed by atoms with Gasteiger partial charge in [-0.1, -0.05) is 34.6 Å². The van der Waals surface area contributed by atoms with Gasteiger partial charge < -0.3 is 10.1 Å². The Morgan fingerprint density at radius 2 is 1.41 bits per heavy atom. The maximum absolute atomic E-state index is 13.2. The van der Waals surface area contributed by atoms with Gasteiger partial charge in [-0.25, -0.2) is 13.6 Å². The van der Waals surface area contributed by atoms with Gasteiger partial charge in [0.05, 0.1) is 5.56 Å². The zero-order valence-electron chi connectivity index (χ0n) is 19.5. The fourth-order valence-electron chi connectivity index (χ4n) is 4.23. The normalized spacial score (nSPS) is 14.2. The number of halogens is 2. The molecular weight excluding hydrogens is 412 g/mol. The van der Waals surface area contributed by atoms with Crippen molar-refractivity contribution in [3.05, 3.63) is 71.3 Å². The van der Waals surface area contributed by atoms with Crippen LogP contribution in [0.5, 0.6) is 0 Å². The second kappa shape index (κ2) is 11.2. The standard InChI is InChI=1S/C26H33F2NO3/c1-6-23(32-25(31)20-9-13-22(28)14-10-20)26(18(4)5,15-17(2)3)16-29-24(30)19-7-11-21(27)12-8-19/h7-14,17-18,23H,6,15-16H2,1-5H3,(H,29,30). The van der Waals surface area contributed by atoms with Gasteiger partial charge in [0, 0.05) is 17.5 Å². The number of nitrogens with one attached hydrogen (secondary N) is 1. The van der Waals surface area contributed by atoms with Crippen LogP contribution in [0.3, 0.4) is 0 Å². The average Bonchev–Trinajstić information content (AvgIpc) is 2.75. The minimum atomic E-state index is -0.520. The number of ether oxygens (including phenoxy) is 1. The summed E-state index contributed by atoms with van der Waals surface area (Å²) in [7, 11) is 0. The van der Waals surface area contributed by atoms with E-state index in [1.807, 2.05) is 6.92 Å². The minimum absolute atomic E-state index is 0.0874. The minimum Gasteiger partial charge on any atom is -0.458 e. The fraction of sp³-hybridized carbons (Fsp3) is 0.462. The van der Waals surface area contributed by atoms with Crippen molar-refractivity contribution < 1.29 is 23.1 Å². The number of amides is 1. The molecule has 174 valence electrons. The molecule has 2 aromatic carbocycles. The van der Waals surface area contributed by atoms with E-state index in [4.69, 9.17) is 4.74 Å². The summed E-state index contributed by atoms with van der Waals surface area (Å²) in [6.45, 7) is 10.5. The van der Waals surface area contributed by atoms with Crippen LogP contribution in [0, 0.1) is 28.9 Å². The van der Waals surface area contributed by atoms with Crippen LogP contribution in [0.4, 0.5) is 8.78 Å². The lowest BCUT2D eigenvalue weighted by Gasteiger charge is -2.44. The number of hydrogen-bond acceptors (Lipinski definition) is 3. The lowest BCUT2D eigenvalue weighted by atomic mass is 9.66. The van der Waals surface area contributed by atoms with Gasteiger partial charge in [0.1, 0.15) is 17.7 Å². The van der Waals surface area contributed by atoms with E-state index in [-0.39, 0.29) is 17.4 Å². The molecule has 0 bridgehead atoms. The summed E-state index contributed by atoms with van der Waals surface area (Å²) >= 11 is 0. The van der Waals surface area contributed by atoms with E-state index in [1.165, 1.54) is 48.5 Å². The van der Waals surface area contributed by atoms with Gasteiger partial charge in [0.15, 0.2) is 0 Å². The summed E-state index contributed by atoms with van der Waals surface area (Å²) in [6.07, 6.45) is 0.823. The Morgan fingerprint density at radius 1 is 0.906 bits per heavy atom. The first kappa shape index (κ1) is 25.5. The molecule has 0 aliphatic rings. The van der Waals surface area contributed by atoms with E-state index >= 15 is 0 Å². The Bertz CT molecular complexity index is 894. The molecule has 1 amide bonds. The summed E-state index contributed by atoms with van der Waals surface area (Å²) in [4.78, 5) is 25.5. The van der Waals surface area contributed by atoms with Crippen LogP contribution in [0.15, 0.2) is 48.5 Å². The SMILES string of the molecule is CCC(OC(=O)c1ccc(F)cc1)C(CNC(=O)c1ccc(F)cc1)(CC(C)C)C(C)C. The molecule has 4 nitrogen and oxygen atoms in total. The number of benzene rings is 2. The van der Waals surface area contributed by atoms with E-state index < -0.39 is 29.1 Å². The van der Waals surface area contributed by atoms with Crippen molar-refractivity contribution in [1.29, 1.82) is 0 Å². The first-order valence-electron chi connectivity index (χ1n) is 11.1. The summed E-state index contributed by atoms with van der Waals surface area (Å²) < 4.78 is 32.4. The van der Waals surface area contributed by atoms with E-state index in [2.05, 4.69) is 33.0 Å². The van der Waals surface area contributed by atoms with Gasteiger partial charge in [0.2, 0.25) is 0 Å². The quantitative estimate of drug-likeness (QED) is 0.455. The molecule has 2 aromatic rings. The molecule has 0 aliphatic carbocycles. The van der Waals surface area contributed by atoms with Crippen molar-refractivity contribution in [3.8, 4) is 0 Å². The Morgan fingerprint density at radius 3 is 1.84 bits per heavy atom. The van der Waals surface area contributed by atoms with Crippen LogP contribution < -0.4 is 5.32 Å². The molecule has 0 saturated heterocycles. The zero-order valence-corrected chi connectivity index (χ0v) is 19.5. The highest BCUT2D eigenvalue weighted by Crippen LogP contribution is 2.41. The molecule has 0 saturated carbocycles. The number of rotatable bonds is 10. The van der Waals surface area contributed by atoms with Crippen LogP contribution in [0.2, 0.25) is 0 Å². The summed E-state index contributed by atoms with van der Waals surface area (Å²) in [5.41, 5.74) is 0.126. The molecule has 2 atom stereocenters. The van der Waals surface area contributed by atoms with E-state index in [1.54, 1.807) is 0 Å². The second-order valence-corrected chi connectivity index (χ2v) is 8.98. The molecule has 0 spiro atoms. The molecule has 0 heterocycles. The summed E-state index contributed by atoms with van der Waals surface area (Å²) in [6, 6.07) is 10.6. The maximum atomic E-state index is 13.2. The number of hydrogen-bond donors (Lipinski definition) is 1. The van der Waals surface area contributed by atoms with Crippen molar-refractivity contribution in [2.75, 3.05) is 6.54 Å². The van der Waals surface area contributed by atoms with Crippen LogP contribution in [-0.4, -0.2) is 24.5 Å². The van der Waals surface area contributed by atoms with E-state index in [0.29, 0.717) is 24.4 Å². The monoisotopic (exact) mass is 445 g/mol. The van der Waals surface area contributed by atoms with Crippen LogP contribution in [0.25, 0.3) is 0 Å². The van der Waals surface area contributed by atoms with Gasteiger partial charge in [0.25, 0.3) is 5.91 Å². The molecule has 2 unspecified atom stereocenters. The number of carbonyl (C=O) groups excluding carboxylic acids is 2. The van der Waals surface area contributed by atoms with Crippen molar-refractivity contribution in [1.82, 2.24) is 5.32 Å². The van der Waals surface area contributed by atoms with Gasteiger partial charge in [-0.3, -0.25) is 4.79 Å². The third-order valence-corrected chi connectivity index (χ3v) is 5.96. The molecule has 0 fully saturated rings.